The molecule has 1 aliphatic heterocycles. The van der Waals surface area contributed by atoms with Crippen LogP contribution >= 0.6 is 0 Å². The Labute approximate surface area is 151 Å². The average Bonchev–Trinajstić information content (AvgIpc) is 2.67. The van der Waals surface area contributed by atoms with Crippen LogP contribution in [-0.4, -0.2) is 48.1 Å². The number of hydrogen-bond acceptors (Lipinski definition) is 5. The van der Waals surface area contributed by atoms with E-state index in [1.165, 1.54) is 12.1 Å². The van der Waals surface area contributed by atoms with Gasteiger partial charge in [-0.15, -0.1) is 0 Å². The van der Waals surface area contributed by atoms with Crippen molar-refractivity contribution in [1.82, 2.24) is 9.88 Å². The second-order valence-corrected chi connectivity index (χ2v) is 6.02. The van der Waals surface area contributed by atoms with Gasteiger partial charge in [-0.2, -0.15) is 5.26 Å². The summed E-state index contributed by atoms with van der Waals surface area (Å²) in [5.74, 6) is 0.428. The van der Waals surface area contributed by atoms with Crippen LogP contribution in [0.1, 0.15) is 12.5 Å². The van der Waals surface area contributed by atoms with Crippen molar-refractivity contribution in [2.24, 2.45) is 0 Å². The summed E-state index contributed by atoms with van der Waals surface area (Å²) in [7, 11) is 0. The lowest BCUT2D eigenvalue weighted by molar-refractivity contribution is -0.138. The molecule has 1 saturated heterocycles. The number of carbonyl (C=O) groups excluding carboxylic acids is 1. The Bertz CT molecular complexity index is 828. The van der Waals surface area contributed by atoms with E-state index in [-0.39, 0.29) is 5.91 Å². The third-order valence-corrected chi connectivity index (χ3v) is 4.25. The number of hydrogen-bond donors (Lipinski definition) is 0. The topological polar surface area (TPSA) is 69.5 Å². The number of anilines is 1. The number of piperazine rings is 1. The molecule has 1 amide bonds. The number of rotatable bonds is 4. The van der Waals surface area contributed by atoms with Crippen LogP contribution in [0.2, 0.25) is 0 Å². The summed E-state index contributed by atoms with van der Waals surface area (Å²) in [5.41, 5.74) is 0.523. The highest BCUT2D eigenvalue weighted by molar-refractivity contribution is 5.81. The first-order chi connectivity index (χ1) is 12.6. The van der Waals surface area contributed by atoms with Crippen molar-refractivity contribution in [3.63, 3.8) is 0 Å². The van der Waals surface area contributed by atoms with Crippen LogP contribution in [0.15, 0.2) is 42.6 Å². The van der Waals surface area contributed by atoms with Gasteiger partial charge in [0, 0.05) is 38.4 Å². The molecule has 0 spiro atoms. The summed E-state index contributed by atoms with van der Waals surface area (Å²) in [5, 5.41) is 9.20. The number of benzene rings is 1. The van der Waals surface area contributed by atoms with E-state index >= 15 is 0 Å². The lowest BCUT2D eigenvalue weighted by atomic mass is 10.2. The lowest BCUT2D eigenvalue weighted by Gasteiger charge is -2.36. The highest BCUT2D eigenvalue weighted by Gasteiger charge is 2.27. The molecule has 1 aromatic carbocycles. The molecule has 0 aliphatic carbocycles. The molecule has 0 radical (unpaired) electrons. The molecule has 0 saturated carbocycles. The highest BCUT2D eigenvalue weighted by atomic mass is 19.1. The average molecular weight is 354 g/mol. The fraction of sp³-hybridized carbons (Fsp3) is 0.316. The smallest absolute Gasteiger partial charge is 0.263 e. The summed E-state index contributed by atoms with van der Waals surface area (Å²) < 4.78 is 18.8. The molecule has 3 rings (SSSR count). The van der Waals surface area contributed by atoms with Crippen LogP contribution in [0.3, 0.4) is 0 Å². The van der Waals surface area contributed by atoms with E-state index < -0.39 is 11.9 Å². The van der Waals surface area contributed by atoms with Gasteiger partial charge in [-0.1, -0.05) is 6.07 Å². The minimum atomic E-state index is -0.701. The van der Waals surface area contributed by atoms with E-state index in [9.17, 15) is 14.4 Å². The zero-order chi connectivity index (χ0) is 18.5. The van der Waals surface area contributed by atoms with Crippen molar-refractivity contribution in [2.45, 2.75) is 13.0 Å². The summed E-state index contributed by atoms with van der Waals surface area (Å²) in [6.07, 6.45) is 0.954. The van der Waals surface area contributed by atoms with Gasteiger partial charge in [-0.05, 0) is 31.2 Å². The molecule has 1 unspecified atom stereocenters. The van der Waals surface area contributed by atoms with Crippen LogP contribution in [-0.2, 0) is 4.79 Å². The molecule has 1 atom stereocenters. The van der Waals surface area contributed by atoms with Crippen molar-refractivity contribution >= 4 is 11.7 Å². The zero-order valence-electron chi connectivity index (χ0n) is 14.4. The molecule has 1 aliphatic rings. The summed E-state index contributed by atoms with van der Waals surface area (Å²) in [4.78, 5) is 20.6. The number of nitrogens with zero attached hydrogens (tertiary/aromatic N) is 4. The van der Waals surface area contributed by atoms with Gasteiger partial charge in [0.15, 0.2) is 6.10 Å². The Morgan fingerprint density at radius 2 is 2.04 bits per heavy atom. The minimum absolute atomic E-state index is 0.143. The van der Waals surface area contributed by atoms with Gasteiger partial charge in [0.25, 0.3) is 5.91 Å². The number of aromatic nitrogens is 1. The minimum Gasteiger partial charge on any atom is -0.481 e. The Kier molecular flexibility index (Phi) is 5.32. The number of ether oxygens (including phenoxy) is 1. The maximum Gasteiger partial charge on any atom is 0.263 e. The highest BCUT2D eigenvalue weighted by Crippen LogP contribution is 2.19. The molecular weight excluding hydrogens is 335 g/mol. The van der Waals surface area contributed by atoms with Crippen LogP contribution < -0.4 is 9.64 Å². The summed E-state index contributed by atoms with van der Waals surface area (Å²) >= 11 is 0. The van der Waals surface area contributed by atoms with Gasteiger partial charge in [0.05, 0.1) is 5.56 Å². The van der Waals surface area contributed by atoms with Crippen molar-refractivity contribution < 1.29 is 13.9 Å². The van der Waals surface area contributed by atoms with Gasteiger partial charge in [0.1, 0.15) is 23.5 Å². The first-order valence-electron chi connectivity index (χ1n) is 8.39. The maximum absolute atomic E-state index is 13.2. The number of halogens is 1. The number of amides is 1. The normalized spacial score (nSPS) is 15.3. The fourth-order valence-corrected chi connectivity index (χ4v) is 2.93. The summed E-state index contributed by atoms with van der Waals surface area (Å²) in [6, 6.07) is 11.3. The van der Waals surface area contributed by atoms with Crippen LogP contribution in [0, 0.1) is 17.1 Å². The molecule has 2 heterocycles. The molecule has 7 heteroatoms. The first-order valence-corrected chi connectivity index (χ1v) is 8.39. The van der Waals surface area contributed by atoms with Crippen molar-refractivity contribution in [3.8, 4) is 11.8 Å². The van der Waals surface area contributed by atoms with Gasteiger partial charge in [0.2, 0.25) is 0 Å². The van der Waals surface area contributed by atoms with Crippen LogP contribution in [0.4, 0.5) is 10.2 Å². The SMILES string of the molecule is CC(Oc1cccc(F)c1)C(=O)N1CCN(c2ncccc2C#N)CC1. The Morgan fingerprint density at radius 1 is 1.27 bits per heavy atom. The molecule has 2 aromatic rings. The fourth-order valence-electron chi connectivity index (χ4n) is 2.93. The van der Waals surface area contributed by atoms with Crippen LogP contribution in [0.25, 0.3) is 0 Å². The molecule has 0 bridgehead atoms. The van der Waals surface area contributed by atoms with Gasteiger partial charge in [-0.3, -0.25) is 4.79 Å². The van der Waals surface area contributed by atoms with Gasteiger partial charge >= 0.3 is 0 Å². The number of carbonyl (C=O) groups is 1. The Hall–Kier alpha value is -3.14. The molecule has 134 valence electrons. The molecular formula is C19H19FN4O2. The first kappa shape index (κ1) is 17.7. The predicted octanol–water partition coefficient (Wildman–Crippen LogP) is 2.21. The second kappa shape index (κ2) is 7.83. The van der Waals surface area contributed by atoms with Gasteiger partial charge in [-0.25, -0.2) is 9.37 Å². The largest absolute Gasteiger partial charge is 0.481 e. The van der Waals surface area contributed by atoms with E-state index in [1.54, 1.807) is 42.3 Å². The third kappa shape index (κ3) is 3.91. The number of pyridine rings is 1. The summed E-state index contributed by atoms with van der Waals surface area (Å²) in [6.45, 7) is 3.86. The molecule has 26 heavy (non-hydrogen) atoms. The monoisotopic (exact) mass is 354 g/mol. The van der Waals surface area contributed by atoms with Crippen molar-refractivity contribution in [2.75, 3.05) is 31.1 Å². The second-order valence-electron chi connectivity index (χ2n) is 6.02. The van der Waals surface area contributed by atoms with E-state index in [0.29, 0.717) is 43.3 Å². The third-order valence-electron chi connectivity index (χ3n) is 4.25. The molecule has 1 fully saturated rings. The maximum atomic E-state index is 13.2. The standard InChI is InChI=1S/C19H19FN4O2/c1-14(26-17-6-2-5-16(20)12-17)19(25)24-10-8-23(9-11-24)18-15(13-21)4-3-7-22-18/h2-7,12,14H,8-11H2,1H3. The van der Waals surface area contributed by atoms with E-state index in [1.807, 2.05) is 4.90 Å². The molecule has 0 N–H and O–H groups in total. The lowest BCUT2D eigenvalue weighted by Crippen LogP contribution is -2.52. The van der Waals surface area contributed by atoms with Gasteiger partial charge < -0.3 is 14.5 Å². The molecule has 6 nitrogen and oxygen atoms in total. The van der Waals surface area contributed by atoms with Crippen molar-refractivity contribution in [1.29, 1.82) is 5.26 Å². The Morgan fingerprint density at radius 3 is 2.73 bits per heavy atom. The number of nitriles is 1. The van der Waals surface area contributed by atoms with Crippen LogP contribution in [0.5, 0.6) is 5.75 Å². The Balaban J connectivity index is 1.59. The van der Waals surface area contributed by atoms with E-state index in [0.717, 1.165) is 0 Å². The predicted molar refractivity (Wildman–Crippen MR) is 94.2 cm³/mol. The quantitative estimate of drug-likeness (QED) is 0.842. The molecule has 1 aromatic heterocycles. The van der Waals surface area contributed by atoms with Crippen molar-refractivity contribution in [3.05, 3.63) is 54.0 Å². The van der Waals surface area contributed by atoms with E-state index in [4.69, 9.17) is 4.74 Å². The van der Waals surface area contributed by atoms with E-state index in [2.05, 4.69) is 11.1 Å². The zero-order valence-corrected chi connectivity index (χ0v) is 14.4.